The Morgan fingerprint density at radius 2 is 1.96 bits per heavy atom. The zero-order chi connectivity index (χ0) is 18.4. The molecule has 0 atom stereocenters. The number of hydrogen-bond acceptors (Lipinski definition) is 4. The maximum Gasteiger partial charge on any atom is 0.240 e. The number of rotatable bonds is 8. The Labute approximate surface area is 158 Å². The molecule has 1 aromatic heterocycles. The third-order valence-corrected chi connectivity index (χ3v) is 6.53. The fourth-order valence-corrected chi connectivity index (χ4v) is 4.45. The SMILES string of the molecule is CN=C(NCCc1cccs1)NCc1ccc(S(=O)(=O)NC2CC2)cc1. The summed E-state index contributed by atoms with van der Waals surface area (Å²) in [7, 11) is -1.65. The van der Waals surface area contributed by atoms with Crippen molar-refractivity contribution >= 4 is 27.3 Å². The number of nitrogens with one attached hydrogen (secondary N) is 3. The average Bonchev–Trinajstić information content (AvgIpc) is 3.28. The first-order chi connectivity index (χ1) is 12.6. The molecule has 0 bridgehead atoms. The highest BCUT2D eigenvalue weighted by molar-refractivity contribution is 7.89. The van der Waals surface area contributed by atoms with E-state index in [0.29, 0.717) is 11.4 Å². The van der Waals surface area contributed by atoms with Gasteiger partial charge >= 0.3 is 0 Å². The third-order valence-electron chi connectivity index (χ3n) is 4.06. The summed E-state index contributed by atoms with van der Waals surface area (Å²) >= 11 is 1.75. The maximum absolute atomic E-state index is 12.2. The summed E-state index contributed by atoms with van der Waals surface area (Å²) < 4.78 is 27.0. The van der Waals surface area contributed by atoms with Crippen molar-refractivity contribution in [2.45, 2.75) is 36.7 Å². The van der Waals surface area contributed by atoms with Gasteiger partial charge in [-0.15, -0.1) is 11.3 Å². The van der Waals surface area contributed by atoms with E-state index in [1.54, 1.807) is 30.5 Å². The summed E-state index contributed by atoms with van der Waals surface area (Å²) in [6.07, 6.45) is 2.82. The maximum atomic E-state index is 12.2. The van der Waals surface area contributed by atoms with Crippen LogP contribution in [0.5, 0.6) is 0 Å². The molecule has 0 saturated heterocycles. The molecule has 1 fully saturated rings. The fraction of sp³-hybridized carbons (Fsp3) is 0.389. The lowest BCUT2D eigenvalue weighted by molar-refractivity contribution is 0.581. The van der Waals surface area contributed by atoms with Crippen LogP contribution in [0.4, 0.5) is 0 Å². The van der Waals surface area contributed by atoms with Crippen molar-refractivity contribution in [3.63, 3.8) is 0 Å². The Morgan fingerprint density at radius 3 is 2.58 bits per heavy atom. The van der Waals surface area contributed by atoms with Crippen LogP contribution in [0.25, 0.3) is 0 Å². The van der Waals surface area contributed by atoms with Crippen LogP contribution in [0.15, 0.2) is 51.7 Å². The van der Waals surface area contributed by atoms with Crippen molar-refractivity contribution in [3.8, 4) is 0 Å². The molecular formula is C18H24N4O2S2. The van der Waals surface area contributed by atoms with Crippen LogP contribution in [-0.4, -0.2) is 34.0 Å². The number of nitrogens with zero attached hydrogens (tertiary/aromatic N) is 1. The summed E-state index contributed by atoms with van der Waals surface area (Å²) in [5.41, 5.74) is 0.997. The lowest BCUT2D eigenvalue weighted by Gasteiger charge is -2.12. The van der Waals surface area contributed by atoms with E-state index in [0.717, 1.165) is 37.3 Å². The second kappa shape index (κ2) is 8.66. The van der Waals surface area contributed by atoms with E-state index >= 15 is 0 Å². The molecule has 0 spiro atoms. The first kappa shape index (κ1) is 18.9. The quantitative estimate of drug-likeness (QED) is 0.475. The van der Waals surface area contributed by atoms with Crippen LogP contribution < -0.4 is 15.4 Å². The molecule has 1 aliphatic carbocycles. The summed E-state index contributed by atoms with van der Waals surface area (Å²) in [6.45, 7) is 1.39. The standard InChI is InChI=1S/C18H24N4O2S2/c1-19-18(20-11-10-16-3-2-12-25-16)21-13-14-4-8-17(9-5-14)26(23,24)22-15-6-7-15/h2-5,8-9,12,15,22H,6-7,10-11,13H2,1H3,(H2,19,20,21). The zero-order valence-corrected chi connectivity index (χ0v) is 16.4. The zero-order valence-electron chi connectivity index (χ0n) is 14.7. The monoisotopic (exact) mass is 392 g/mol. The Hall–Kier alpha value is -1.90. The largest absolute Gasteiger partial charge is 0.356 e. The number of aliphatic imine (C=N–C) groups is 1. The number of thiophene rings is 1. The molecule has 26 heavy (non-hydrogen) atoms. The predicted octanol–water partition coefficient (Wildman–Crippen LogP) is 2.10. The van der Waals surface area contributed by atoms with Crippen LogP contribution in [0.1, 0.15) is 23.3 Å². The lowest BCUT2D eigenvalue weighted by atomic mass is 10.2. The Kier molecular flexibility index (Phi) is 6.29. The molecule has 8 heteroatoms. The van der Waals surface area contributed by atoms with E-state index in [-0.39, 0.29) is 6.04 Å². The highest BCUT2D eigenvalue weighted by Crippen LogP contribution is 2.22. The molecule has 6 nitrogen and oxygen atoms in total. The molecule has 1 heterocycles. The van der Waals surface area contributed by atoms with Gasteiger partial charge in [-0.3, -0.25) is 4.99 Å². The number of hydrogen-bond donors (Lipinski definition) is 3. The van der Waals surface area contributed by atoms with Crippen molar-refractivity contribution in [1.29, 1.82) is 0 Å². The molecule has 140 valence electrons. The smallest absolute Gasteiger partial charge is 0.240 e. The topological polar surface area (TPSA) is 82.6 Å². The number of benzene rings is 1. The average molecular weight is 393 g/mol. The Balaban J connectivity index is 1.47. The summed E-state index contributed by atoms with van der Waals surface area (Å²) in [6, 6.07) is 11.2. The van der Waals surface area contributed by atoms with E-state index in [9.17, 15) is 8.42 Å². The molecule has 0 aliphatic heterocycles. The van der Waals surface area contributed by atoms with Gasteiger partial charge in [-0.2, -0.15) is 0 Å². The molecule has 0 amide bonds. The van der Waals surface area contributed by atoms with Gasteiger partial charge in [0.05, 0.1) is 4.90 Å². The Morgan fingerprint density at radius 1 is 1.19 bits per heavy atom. The molecule has 1 aliphatic rings. The summed E-state index contributed by atoms with van der Waals surface area (Å²) in [4.78, 5) is 5.86. The normalized spacial score (nSPS) is 15.0. The van der Waals surface area contributed by atoms with E-state index in [1.807, 2.05) is 12.1 Å². The van der Waals surface area contributed by atoms with E-state index in [2.05, 4.69) is 37.9 Å². The minimum Gasteiger partial charge on any atom is -0.356 e. The van der Waals surface area contributed by atoms with Crippen molar-refractivity contribution in [3.05, 3.63) is 52.2 Å². The number of sulfonamides is 1. The highest BCUT2D eigenvalue weighted by atomic mass is 32.2. The van der Waals surface area contributed by atoms with Gasteiger partial charge in [-0.05, 0) is 48.4 Å². The first-order valence-corrected chi connectivity index (χ1v) is 11.0. The molecule has 2 aromatic rings. The molecular weight excluding hydrogens is 368 g/mol. The molecule has 0 radical (unpaired) electrons. The first-order valence-electron chi connectivity index (χ1n) is 8.65. The fourth-order valence-electron chi connectivity index (χ4n) is 2.44. The van der Waals surface area contributed by atoms with Gasteiger partial charge in [0.2, 0.25) is 10.0 Å². The summed E-state index contributed by atoms with van der Waals surface area (Å²) in [5, 5.41) is 8.60. The van der Waals surface area contributed by atoms with Crippen LogP contribution in [0, 0.1) is 0 Å². The van der Waals surface area contributed by atoms with E-state index < -0.39 is 10.0 Å². The molecule has 1 saturated carbocycles. The lowest BCUT2D eigenvalue weighted by Crippen LogP contribution is -2.37. The van der Waals surface area contributed by atoms with Crippen LogP contribution >= 0.6 is 11.3 Å². The van der Waals surface area contributed by atoms with Crippen molar-refractivity contribution in [1.82, 2.24) is 15.4 Å². The molecule has 1 aromatic carbocycles. The van der Waals surface area contributed by atoms with Crippen LogP contribution in [0.3, 0.4) is 0 Å². The van der Waals surface area contributed by atoms with Gasteiger partial charge < -0.3 is 10.6 Å². The second-order valence-electron chi connectivity index (χ2n) is 6.22. The van der Waals surface area contributed by atoms with Gasteiger partial charge in [0.25, 0.3) is 0 Å². The minimum absolute atomic E-state index is 0.116. The third kappa shape index (κ3) is 5.55. The Bertz CT molecular complexity index is 827. The minimum atomic E-state index is -3.39. The van der Waals surface area contributed by atoms with Crippen molar-refractivity contribution in [2.24, 2.45) is 4.99 Å². The van der Waals surface area contributed by atoms with E-state index in [1.165, 1.54) is 4.88 Å². The van der Waals surface area contributed by atoms with Gasteiger partial charge in [0.15, 0.2) is 5.96 Å². The second-order valence-corrected chi connectivity index (χ2v) is 8.97. The van der Waals surface area contributed by atoms with Crippen LogP contribution in [-0.2, 0) is 23.0 Å². The molecule has 3 rings (SSSR count). The van der Waals surface area contributed by atoms with Gasteiger partial charge in [-0.25, -0.2) is 13.1 Å². The molecule has 3 N–H and O–H groups in total. The van der Waals surface area contributed by atoms with Gasteiger partial charge in [-0.1, -0.05) is 18.2 Å². The van der Waals surface area contributed by atoms with Gasteiger partial charge in [0.1, 0.15) is 0 Å². The van der Waals surface area contributed by atoms with Crippen molar-refractivity contribution in [2.75, 3.05) is 13.6 Å². The van der Waals surface area contributed by atoms with Crippen LogP contribution in [0.2, 0.25) is 0 Å². The summed E-state index contributed by atoms with van der Waals surface area (Å²) in [5.74, 6) is 0.730. The van der Waals surface area contributed by atoms with E-state index in [4.69, 9.17) is 0 Å². The predicted molar refractivity (Wildman–Crippen MR) is 106 cm³/mol. The van der Waals surface area contributed by atoms with Gasteiger partial charge in [0, 0.05) is 31.1 Å². The van der Waals surface area contributed by atoms with Crippen molar-refractivity contribution < 1.29 is 8.42 Å². The molecule has 0 unspecified atom stereocenters. The highest BCUT2D eigenvalue weighted by Gasteiger charge is 2.27. The number of guanidine groups is 1.